The number of fused-ring (bicyclic) bond motifs is 1. The molecule has 2 heterocycles. The number of methoxy groups -OCH3 is 1. The molecule has 0 amide bonds. The van der Waals surface area contributed by atoms with Gasteiger partial charge in [0.2, 0.25) is 5.82 Å². The molecule has 0 spiro atoms. The predicted molar refractivity (Wildman–Crippen MR) is 91.8 cm³/mol. The highest BCUT2D eigenvalue weighted by Gasteiger charge is 2.36. The van der Waals surface area contributed by atoms with Gasteiger partial charge < -0.3 is 9.47 Å². The number of imidazole rings is 1. The molecular weight excluding hydrogens is 474 g/mol. The first-order valence-corrected chi connectivity index (χ1v) is 8.15. The first kappa shape index (κ1) is 18.7. The topological polar surface area (TPSA) is 35.8 Å². The Morgan fingerprint density at radius 3 is 2.42 bits per heavy atom. The van der Waals surface area contributed by atoms with Gasteiger partial charge in [-0.25, -0.2) is 4.98 Å². The molecule has 138 valence electrons. The predicted octanol–water partition coefficient (Wildman–Crippen LogP) is 5.39. The van der Waals surface area contributed by atoms with Crippen LogP contribution in [0.3, 0.4) is 0 Å². The maximum Gasteiger partial charge on any atom is 0.451 e. The third kappa shape index (κ3) is 3.84. The molecule has 0 radical (unpaired) electrons. The number of hydrogen-bond donors (Lipinski definition) is 0. The highest BCUT2D eigenvalue weighted by molar-refractivity contribution is 14.1. The summed E-state index contributed by atoms with van der Waals surface area (Å²) in [4.78, 5) is 3.40. The van der Waals surface area contributed by atoms with Gasteiger partial charge in [-0.05, 0) is 18.2 Å². The fraction of sp³-hybridized carbons (Fsp3) is 0.188. The Bertz CT molecular complexity index is 950. The smallest absolute Gasteiger partial charge is 0.451 e. The molecule has 0 saturated carbocycles. The second-order valence-electron chi connectivity index (χ2n) is 5.20. The summed E-state index contributed by atoms with van der Waals surface area (Å²) < 4.78 is 72.2. The number of nitrogens with zero attached hydrogens (tertiary/aromatic N) is 2. The van der Waals surface area contributed by atoms with Crippen molar-refractivity contribution < 1.29 is 31.4 Å². The van der Waals surface area contributed by atoms with Gasteiger partial charge in [0.1, 0.15) is 11.5 Å². The van der Waals surface area contributed by atoms with E-state index in [2.05, 4.69) is 9.72 Å². The zero-order chi connectivity index (χ0) is 19.1. The molecule has 0 saturated heterocycles. The van der Waals surface area contributed by atoms with Crippen LogP contribution in [0.1, 0.15) is 5.82 Å². The highest BCUT2D eigenvalue weighted by Crippen LogP contribution is 2.37. The fourth-order valence-electron chi connectivity index (χ4n) is 2.47. The minimum Gasteiger partial charge on any atom is -0.496 e. The number of ether oxygens (including phenoxy) is 2. The van der Waals surface area contributed by atoms with Gasteiger partial charge in [-0.3, -0.25) is 4.40 Å². The van der Waals surface area contributed by atoms with Crippen molar-refractivity contribution >= 4 is 28.1 Å². The van der Waals surface area contributed by atoms with Gasteiger partial charge in [0.05, 0.1) is 41.4 Å². The van der Waals surface area contributed by atoms with Crippen LogP contribution in [-0.4, -0.2) is 20.6 Å². The van der Waals surface area contributed by atoms with Gasteiger partial charge >= 0.3 is 10.3 Å². The molecule has 4 nitrogen and oxygen atoms in total. The molecule has 3 rings (SSSR count). The van der Waals surface area contributed by atoms with Crippen LogP contribution < -0.4 is 9.47 Å². The molecule has 0 fully saturated rings. The summed E-state index contributed by atoms with van der Waals surface area (Å²) >= 11 is 0.831. The Kier molecular flexibility index (Phi) is 4.71. The molecule has 10 heteroatoms. The van der Waals surface area contributed by atoms with Crippen molar-refractivity contribution in [1.29, 1.82) is 0 Å². The summed E-state index contributed by atoms with van der Waals surface area (Å²) in [6.07, 6.45) is -2.24. The second kappa shape index (κ2) is 6.56. The number of rotatable bonds is 4. The average molecular weight is 484 g/mol. The van der Waals surface area contributed by atoms with E-state index in [0.29, 0.717) is 11.1 Å². The zero-order valence-electron chi connectivity index (χ0n) is 13.0. The monoisotopic (exact) mass is 484 g/mol. The molecule has 26 heavy (non-hydrogen) atoms. The Morgan fingerprint density at radius 2 is 1.81 bits per heavy atom. The van der Waals surface area contributed by atoms with Gasteiger partial charge in [0.25, 0.3) is 0 Å². The van der Waals surface area contributed by atoms with Crippen molar-refractivity contribution in [2.75, 3.05) is 7.11 Å². The Morgan fingerprint density at radius 1 is 1.08 bits per heavy atom. The van der Waals surface area contributed by atoms with E-state index in [1.54, 1.807) is 6.07 Å². The van der Waals surface area contributed by atoms with E-state index in [9.17, 15) is 22.0 Å². The van der Waals surface area contributed by atoms with Gasteiger partial charge in [0.15, 0.2) is 0 Å². The normalized spacial score (nSPS) is 12.4. The van der Waals surface area contributed by atoms with Crippen LogP contribution in [0, 0.1) is 0 Å². The van der Waals surface area contributed by atoms with Gasteiger partial charge in [-0.15, -0.1) is 0 Å². The molecule has 2 aromatic heterocycles. The fourth-order valence-corrected chi connectivity index (χ4v) is 2.72. The third-order valence-corrected chi connectivity index (χ3v) is 3.72. The van der Waals surface area contributed by atoms with Crippen LogP contribution in [0.25, 0.3) is 16.6 Å². The van der Waals surface area contributed by atoms with E-state index in [1.165, 1.54) is 37.6 Å². The van der Waals surface area contributed by atoms with E-state index in [0.717, 1.165) is 33.2 Å². The molecule has 0 aliphatic rings. The lowest BCUT2D eigenvalue weighted by Crippen LogP contribution is -2.14. The van der Waals surface area contributed by atoms with Crippen molar-refractivity contribution in [2.45, 2.75) is 10.3 Å². The maximum atomic E-state index is 13.0. The molecule has 1 aromatic carbocycles. The summed E-state index contributed by atoms with van der Waals surface area (Å²) in [5.74, 6) is -1.02. The lowest BCUT2D eigenvalue weighted by molar-refractivity contribution is -0.145. The van der Waals surface area contributed by atoms with Gasteiger partial charge in [-0.2, -0.15) is 22.0 Å². The Balaban J connectivity index is 2.08. The largest absolute Gasteiger partial charge is 0.496 e. The van der Waals surface area contributed by atoms with Crippen molar-refractivity contribution in [2.24, 2.45) is 0 Å². The number of alkyl halides is 6. The van der Waals surface area contributed by atoms with E-state index >= 15 is 0 Å². The molecule has 0 aliphatic carbocycles. The van der Waals surface area contributed by atoms with E-state index in [1.807, 2.05) is 0 Å². The minimum atomic E-state index is -4.61. The Labute approximate surface area is 157 Å². The number of hydrogen-bond acceptors (Lipinski definition) is 3. The maximum absolute atomic E-state index is 13.0. The van der Waals surface area contributed by atoms with Crippen LogP contribution in [-0.2, 0) is 6.18 Å². The zero-order valence-corrected chi connectivity index (χ0v) is 15.2. The molecule has 0 aliphatic heterocycles. The molecule has 3 aromatic rings. The van der Waals surface area contributed by atoms with E-state index < -0.39 is 16.1 Å². The van der Waals surface area contributed by atoms with Gasteiger partial charge in [0, 0.05) is 23.4 Å². The number of aromatic nitrogens is 2. The lowest BCUT2D eigenvalue weighted by Gasteiger charge is -2.15. The first-order chi connectivity index (χ1) is 12.1. The van der Waals surface area contributed by atoms with Crippen LogP contribution in [0.15, 0.2) is 42.7 Å². The van der Waals surface area contributed by atoms with Crippen molar-refractivity contribution in [1.82, 2.24) is 9.38 Å². The summed E-state index contributed by atoms with van der Waals surface area (Å²) in [6.45, 7) is 0. The van der Waals surface area contributed by atoms with Crippen molar-refractivity contribution in [3.05, 3.63) is 48.5 Å². The molecule has 0 unspecified atom stereocenters. The van der Waals surface area contributed by atoms with E-state index in [4.69, 9.17) is 4.74 Å². The third-order valence-electron chi connectivity index (χ3n) is 3.50. The minimum absolute atomic E-state index is 0.135. The van der Waals surface area contributed by atoms with Crippen molar-refractivity contribution in [3.63, 3.8) is 0 Å². The molecule has 0 N–H and O–H groups in total. The first-order valence-electron chi connectivity index (χ1n) is 7.07. The van der Waals surface area contributed by atoms with Crippen LogP contribution in [0.5, 0.6) is 11.5 Å². The van der Waals surface area contributed by atoms with E-state index in [-0.39, 0.29) is 17.0 Å². The highest BCUT2D eigenvalue weighted by atomic mass is 127. The Hall–Kier alpha value is -2.11. The average Bonchev–Trinajstić information content (AvgIpc) is 2.96. The van der Waals surface area contributed by atoms with Crippen LogP contribution in [0.4, 0.5) is 22.0 Å². The number of halogens is 6. The summed E-state index contributed by atoms with van der Waals surface area (Å²) in [5.41, 5.74) is 1.08. The van der Waals surface area contributed by atoms with Gasteiger partial charge in [-0.1, -0.05) is 6.07 Å². The second-order valence-corrected chi connectivity index (χ2v) is 6.46. The molecule has 0 atom stereocenters. The standard InChI is InChI=1S/C16H10F5IN2O2/c1-25-13-6-11(26-16(20,21)22)4-5-12(13)9-2-3-10-7-23-14(15(17,18)19)24(10)8-9/h2-8H,1H3. The SMILES string of the molecule is COc1cc(OC(F)(F)I)ccc1-c1ccc2cnc(C(F)(F)F)n2c1. The molecule has 0 bridgehead atoms. The van der Waals surface area contributed by atoms with Crippen LogP contribution >= 0.6 is 22.6 Å². The van der Waals surface area contributed by atoms with Crippen LogP contribution in [0.2, 0.25) is 0 Å². The summed E-state index contributed by atoms with van der Waals surface area (Å²) in [5, 5.41) is 0. The molecular formula is C16H10F5IN2O2. The van der Waals surface area contributed by atoms with Crippen molar-refractivity contribution in [3.8, 4) is 22.6 Å². The lowest BCUT2D eigenvalue weighted by atomic mass is 10.1. The number of benzene rings is 1. The summed E-state index contributed by atoms with van der Waals surface area (Å²) in [7, 11) is 1.32. The quantitative estimate of drug-likeness (QED) is 0.283. The number of pyridine rings is 1. The summed E-state index contributed by atoms with van der Waals surface area (Å²) in [6, 6.07) is 7.02.